The molecule has 0 unspecified atom stereocenters. The Morgan fingerprint density at radius 2 is 1.36 bits per heavy atom. The number of nitrogens with zero attached hydrogens (tertiary/aromatic N) is 1. The second-order valence-electron chi connectivity index (χ2n) is 7.01. The topological polar surface area (TPSA) is 3.24 Å². The van der Waals surface area contributed by atoms with Gasteiger partial charge in [-0.3, -0.25) is 4.90 Å². The Bertz CT molecular complexity index is 157. The fraction of sp³-hybridized carbons (Fsp3) is 1.00. The fourth-order valence-corrected chi connectivity index (χ4v) is 1.59. The SMILES string of the molecule is CC(C)CN(CC(C)(C)C)C(C)(C)C. The van der Waals surface area contributed by atoms with Gasteiger partial charge in [-0.2, -0.15) is 0 Å². The van der Waals surface area contributed by atoms with Crippen LogP contribution in [0.4, 0.5) is 0 Å². The van der Waals surface area contributed by atoms with Crippen LogP contribution in [0.1, 0.15) is 55.4 Å². The van der Waals surface area contributed by atoms with Crippen LogP contribution < -0.4 is 0 Å². The summed E-state index contributed by atoms with van der Waals surface area (Å²) >= 11 is 0. The van der Waals surface area contributed by atoms with Gasteiger partial charge in [0.2, 0.25) is 0 Å². The molecule has 0 heterocycles. The Hall–Kier alpha value is -0.0400. The van der Waals surface area contributed by atoms with E-state index in [1.807, 2.05) is 0 Å². The summed E-state index contributed by atoms with van der Waals surface area (Å²) in [7, 11) is 0. The van der Waals surface area contributed by atoms with Crippen molar-refractivity contribution < 1.29 is 0 Å². The Kier molecular flexibility index (Phi) is 4.64. The molecule has 0 saturated carbocycles. The van der Waals surface area contributed by atoms with Gasteiger partial charge in [0, 0.05) is 18.6 Å². The van der Waals surface area contributed by atoms with Crippen LogP contribution in [0.5, 0.6) is 0 Å². The van der Waals surface area contributed by atoms with Crippen molar-refractivity contribution >= 4 is 0 Å². The van der Waals surface area contributed by atoms with Crippen molar-refractivity contribution in [2.45, 2.75) is 60.9 Å². The lowest BCUT2D eigenvalue weighted by Crippen LogP contribution is -2.47. The first kappa shape index (κ1) is 14.0. The Labute approximate surface area is 90.9 Å². The van der Waals surface area contributed by atoms with Gasteiger partial charge in [-0.25, -0.2) is 0 Å². The molecule has 0 bridgehead atoms. The second kappa shape index (κ2) is 4.65. The minimum atomic E-state index is 0.289. The number of hydrogen-bond acceptors (Lipinski definition) is 1. The third kappa shape index (κ3) is 6.42. The molecule has 1 nitrogen and oxygen atoms in total. The van der Waals surface area contributed by atoms with Gasteiger partial charge in [-0.05, 0) is 32.1 Å². The molecule has 0 fully saturated rings. The van der Waals surface area contributed by atoms with E-state index in [4.69, 9.17) is 0 Å². The predicted octanol–water partition coefficient (Wildman–Crippen LogP) is 3.79. The summed E-state index contributed by atoms with van der Waals surface area (Å²) in [5.74, 6) is 0.747. The molecule has 0 aliphatic carbocycles. The highest BCUT2D eigenvalue weighted by atomic mass is 15.2. The zero-order chi connectivity index (χ0) is 11.6. The van der Waals surface area contributed by atoms with Gasteiger partial charge in [0.1, 0.15) is 0 Å². The molecule has 0 radical (unpaired) electrons. The Balaban J connectivity index is 4.42. The molecule has 0 aliphatic rings. The van der Waals surface area contributed by atoms with Gasteiger partial charge in [-0.15, -0.1) is 0 Å². The fourth-order valence-electron chi connectivity index (χ4n) is 1.59. The molecule has 0 aromatic rings. The van der Waals surface area contributed by atoms with E-state index in [1.165, 1.54) is 13.1 Å². The van der Waals surface area contributed by atoms with E-state index in [0.717, 1.165) is 5.92 Å². The molecular weight excluding hydrogens is 170 g/mol. The average Bonchev–Trinajstić information content (AvgIpc) is 1.78. The average molecular weight is 199 g/mol. The lowest BCUT2D eigenvalue weighted by atomic mass is 9.92. The lowest BCUT2D eigenvalue weighted by Gasteiger charge is -2.41. The first-order valence-electron chi connectivity index (χ1n) is 5.77. The monoisotopic (exact) mass is 199 g/mol. The van der Waals surface area contributed by atoms with E-state index < -0.39 is 0 Å². The van der Waals surface area contributed by atoms with Crippen LogP contribution >= 0.6 is 0 Å². The standard InChI is InChI=1S/C13H29N/c1-11(2)9-14(13(6,7)8)10-12(3,4)5/h11H,9-10H2,1-8H3. The quantitative estimate of drug-likeness (QED) is 0.668. The van der Waals surface area contributed by atoms with E-state index in [0.29, 0.717) is 5.41 Å². The molecule has 86 valence electrons. The molecule has 0 saturated heterocycles. The normalized spacial score (nSPS) is 14.1. The Morgan fingerprint density at radius 1 is 0.929 bits per heavy atom. The zero-order valence-electron chi connectivity index (χ0n) is 11.4. The Morgan fingerprint density at radius 3 is 1.57 bits per heavy atom. The van der Waals surface area contributed by atoms with Crippen LogP contribution in [0.3, 0.4) is 0 Å². The molecule has 0 aromatic carbocycles. The molecule has 0 N–H and O–H groups in total. The lowest BCUT2D eigenvalue weighted by molar-refractivity contribution is 0.0787. The van der Waals surface area contributed by atoms with Gasteiger partial charge in [0.05, 0.1) is 0 Å². The van der Waals surface area contributed by atoms with Crippen LogP contribution in [0.2, 0.25) is 0 Å². The van der Waals surface area contributed by atoms with Crippen molar-refractivity contribution in [1.82, 2.24) is 4.90 Å². The van der Waals surface area contributed by atoms with Crippen LogP contribution in [-0.4, -0.2) is 23.5 Å². The highest BCUT2D eigenvalue weighted by molar-refractivity contribution is 4.80. The van der Waals surface area contributed by atoms with Crippen LogP contribution in [0.25, 0.3) is 0 Å². The van der Waals surface area contributed by atoms with E-state index in [1.54, 1.807) is 0 Å². The van der Waals surface area contributed by atoms with E-state index >= 15 is 0 Å². The van der Waals surface area contributed by atoms with E-state index in [2.05, 4.69) is 60.3 Å². The first-order chi connectivity index (χ1) is 6.02. The first-order valence-corrected chi connectivity index (χ1v) is 5.77. The number of hydrogen-bond donors (Lipinski definition) is 0. The zero-order valence-corrected chi connectivity index (χ0v) is 11.4. The summed E-state index contributed by atoms with van der Waals surface area (Å²) in [6.45, 7) is 20.8. The summed E-state index contributed by atoms with van der Waals surface area (Å²) in [6, 6.07) is 0. The molecule has 1 heteroatoms. The van der Waals surface area contributed by atoms with Crippen LogP contribution in [0.15, 0.2) is 0 Å². The van der Waals surface area contributed by atoms with E-state index in [-0.39, 0.29) is 5.54 Å². The molecule has 0 atom stereocenters. The molecule has 0 rings (SSSR count). The highest BCUT2D eigenvalue weighted by Gasteiger charge is 2.26. The third-order valence-electron chi connectivity index (χ3n) is 2.20. The van der Waals surface area contributed by atoms with Crippen molar-refractivity contribution in [2.24, 2.45) is 11.3 Å². The minimum absolute atomic E-state index is 0.289. The highest BCUT2D eigenvalue weighted by Crippen LogP contribution is 2.23. The van der Waals surface area contributed by atoms with Gasteiger partial charge in [-0.1, -0.05) is 34.6 Å². The molecule has 0 aliphatic heterocycles. The third-order valence-corrected chi connectivity index (χ3v) is 2.20. The summed E-state index contributed by atoms with van der Waals surface area (Å²) in [4.78, 5) is 2.59. The summed E-state index contributed by atoms with van der Waals surface area (Å²) < 4.78 is 0. The van der Waals surface area contributed by atoms with Gasteiger partial charge < -0.3 is 0 Å². The van der Waals surface area contributed by atoms with Crippen LogP contribution in [0, 0.1) is 11.3 Å². The second-order valence-corrected chi connectivity index (χ2v) is 7.01. The molecule has 0 aromatic heterocycles. The molecule has 0 amide bonds. The van der Waals surface area contributed by atoms with Crippen LogP contribution in [-0.2, 0) is 0 Å². The molecular formula is C13H29N. The van der Waals surface area contributed by atoms with E-state index in [9.17, 15) is 0 Å². The van der Waals surface area contributed by atoms with Gasteiger partial charge in [0.15, 0.2) is 0 Å². The number of rotatable bonds is 3. The summed E-state index contributed by atoms with van der Waals surface area (Å²) in [6.07, 6.45) is 0. The minimum Gasteiger partial charge on any atom is -0.298 e. The largest absolute Gasteiger partial charge is 0.298 e. The smallest absolute Gasteiger partial charge is 0.0125 e. The summed E-state index contributed by atoms with van der Waals surface area (Å²) in [5.41, 5.74) is 0.680. The van der Waals surface area contributed by atoms with Crippen molar-refractivity contribution in [3.8, 4) is 0 Å². The van der Waals surface area contributed by atoms with Gasteiger partial charge in [0.25, 0.3) is 0 Å². The molecule has 14 heavy (non-hydrogen) atoms. The van der Waals surface area contributed by atoms with Crippen molar-refractivity contribution in [3.63, 3.8) is 0 Å². The maximum atomic E-state index is 2.59. The van der Waals surface area contributed by atoms with Crippen molar-refractivity contribution in [1.29, 1.82) is 0 Å². The van der Waals surface area contributed by atoms with Crippen molar-refractivity contribution in [2.75, 3.05) is 13.1 Å². The maximum Gasteiger partial charge on any atom is 0.0125 e. The van der Waals surface area contributed by atoms with Crippen molar-refractivity contribution in [3.05, 3.63) is 0 Å². The molecule has 0 spiro atoms. The van der Waals surface area contributed by atoms with Gasteiger partial charge >= 0.3 is 0 Å². The predicted molar refractivity (Wildman–Crippen MR) is 65.6 cm³/mol. The summed E-state index contributed by atoms with van der Waals surface area (Å²) in [5, 5.41) is 0. The maximum absolute atomic E-state index is 2.59.